The summed E-state index contributed by atoms with van der Waals surface area (Å²) in [6.45, 7) is 9.50. The Hall–Kier alpha value is -2.24. The standard InChI is InChI=1S/C16H21N3O3/c1-11(12-6-8-17-9-7-12)18-21-14(20)16(5)10-13(19-22-16)15(2,3)4/h6-9H,10H2,1-5H3/b18-11+. The molecule has 0 aliphatic carbocycles. The zero-order chi connectivity index (χ0) is 16.4. The second-order valence-corrected chi connectivity index (χ2v) is 6.58. The van der Waals surface area contributed by atoms with E-state index >= 15 is 0 Å². The Morgan fingerprint density at radius 1 is 1.36 bits per heavy atom. The number of carbonyl (C=O) groups excluding carboxylic acids is 1. The monoisotopic (exact) mass is 303 g/mol. The molecule has 0 fully saturated rings. The van der Waals surface area contributed by atoms with Gasteiger partial charge in [-0.2, -0.15) is 0 Å². The highest BCUT2D eigenvalue weighted by Crippen LogP contribution is 2.32. The molecule has 1 aliphatic rings. The van der Waals surface area contributed by atoms with E-state index in [-0.39, 0.29) is 5.41 Å². The minimum atomic E-state index is -1.12. The fourth-order valence-corrected chi connectivity index (χ4v) is 1.90. The molecule has 2 rings (SSSR count). The van der Waals surface area contributed by atoms with Crippen LogP contribution in [-0.2, 0) is 14.5 Å². The summed E-state index contributed by atoms with van der Waals surface area (Å²) in [6, 6.07) is 3.59. The predicted molar refractivity (Wildman–Crippen MR) is 83.5 cm³/mol. The largest absolute Gasteiger partial charge is 0.381 e. The summed E-state index contributed by atoms with van der Waals surface area (Å²) < 4.78 is 0. The first-order chi connectivity index (χ1) is 10.2. The van der Waals surface area contributed by atoms with Gasteiger partial charge in [-0.1, -0.05) is 31.1 Å². The fraction of sp³-hybridized carbons (Fsp3) is 0.500. The van der Waals surface area contributed by atoms with E-state index in [1.807, 2.05) is 20.8 Å². The summed E-state index contributed by atoms with van der Waals surface area (Å²) in [4.78, 5) is 26.5. The highest BCUT2D eigenvalue weighted by Gasteiger charge is 2.46. The Labute approximate surface area is 130 Å². The molecule has 0 N–H and O–H groups in total. The van der Waals surface area contributed by atoms with Gasteiger partial charge < -0.3 is 9.68 Å². The second kappa shape index (κ2) is 5.87. The van der Waals surface area contributed by atoms with E-state index < -0.39 is 11.6 Å². The van der Waals surface area contributed by atoms with Crippen LogP contribution in [0.5, 0.6) is 0 Å². The first kappa shape index (κ1) is 16.1. The van der Waals surface area contributed by atoms with Crippen LogP contribution in [0.15, 0.2) is 34.8 Å². The zero-order valence-corrected chi connectivity index (χ0v) is 13.6. The van der Waals surface area contributed by atoms with Crippen LogP contribution in [0.3, 0.4) is 0 Å². The highest BCUT2D eigenvalue weighted by molar-refractivity contribution is 5.99. The van der Waals surface area contributed by atoms with Crippen molar-refractivity contribution in [3.05, 3.63) is 30.1 Å². The molecule has 0 bridgehead atoms. The molecule has 0 saturated heterocycles. The molecular formula is C16H21N3O3. The number of pyridine rings is 1. The van der Waals surface area contributed by atoms with Crippen LogP contribution >= 0.6 is 0 Å². The van der Waals surface area contributed by atoms with Gasteiger partial charge in [-0.05, 0) is 26.0 Å². The van der Waals surface area contributed by atoms with E-state index in [2.05, 4.69) is 15.3 Å². The third-order valence-electron chi connectivity index (χ3n) is 3.52. The SMILES string of the molecule is C/C(=N\OC(=O)C1(C)CC(C(C)(C)C)=NO1)c1ccncc1. The smallest absolute Gasteiger partial charge is 0.377 e. The van der Waals surface area contributed by atoms with Crippen LogP contribution < -0.4 is 0 Å². The van der Waals surface area contributed by atoms with Crippen molar-refractivity contribution in [2.45, 2.75) is 46.6 Å². The lowest BCUT2D eigenvalue weighted by molar-refractivity contribution is -0.167. The third-order valence-corrected chi connectivity index (χ3v) is 3.52. The van der Waals surface area contributed by atoms with E-state index in [0.29, 0.717) is 12.1 Å². The van der Waals surface area contributed by atoms with Gasteiger partial charge in [-0.15, -0.1) is 0 Å². The Morgan fingerprint density at radius 3 is 2.55 bits per heavy atom. The van der Waals surface area contributed by atoms with Crippen molar-refractivity contribution in [3.8, 4) is 0 Å². The maximum atomic E-state index is 12.2. The Kier molecular flexibility index (Phi) is 4.30. The molecule has 1 aromatic heterocycles. The Morgan fingerprint density at radius 2 is 2.00 bits per heavy atom. The van der Waals surface area contributed by atoms with E-state index in [1.54, 1.807) is 38.4 Å². The van der Waals surface area contributed by atoms with Gasteiger partial charge in [-0.3, -0.25) is 4.98 Å². The average Bonchev–Trinajstić information content (AvgIpc) is 2.89. The van der Waals surface area contributed by atoms with Gasteiger partial charge in [0.05, 0.1) is 11.4 Å². The second-order valence-electron chi connectivity index (χ2n) is 6.58. The topological polar surface area (TPSA) is 73.1 Å². The molecular weight excluding hydrogens is 282 g/mol. The van der Waals surface area contributed by atoms with Gasteiger partial charge in [-0.25, -0.2) is 4.79 Å². The first-order valence-corrected chi connectivity index (χ1v) is 7.14. The van der Waals surface area contributed by atoms with Crippen LogP contribution in [0.1, 0.15) is 46.6 Å². The molecule has 1 unspecified atom stereocenters. The lowest BCUT2D eigenvalue weighted by Gasteiger charge is -2.20. The van der Waals surface area contributed by atoms with Crippen molar-refractivity contribution < 1.29 is 14.5 Å². The molecule has 1 aromatic rings. The molecule has 1 aliphatic heterocycles. The summed E-state index contributed by atoms with van der Waals surface area (Å²) in [7, 11) is 0. The molecule has 0 saturated carbocycles. The van der Waals surface area contributed by atoms with Gasteiger partial charge in [0.2, 0.25) is 5.60 Å². The molecule has 0 aromatic carbocycles. The summed E-state index contributed by atoms with van der Waals surface area (Å²) in [5.41, 5.74) is 1.00. The number of rotatable bonds is 3. The molecule has 6 nitrogen and oxygen atoms in total. The van der Waals surface area contributed by atoms with E-state index in [9.17, 15) is 4.79 Å². The van der Waals surface area contributed by atoms with E-state index in [0.717, 1.165) is 11.3 Å². The summed E-state index contributed by atoms with van der Waals surface area (Å²) in [5.74, 6) is -0.552. The van der Waals surface area contributed by atoms with Crippen LogP contribution in [-0.4, -0.2) is 28.0 Å². The number of carbonyl (C=O) groups is 1. The minimum absolute atomic E-state index is 0.145. The highest BCUT2D eigenvalue weighted by atomic mass is 16.7. The van der Waals surface area contributed by atoms with Crippen molar-refractivity contribution in [2.24, 2.45) is 15.7 Å². The lowest BCUT2D eigenvalue weighted by Crippen LogP contribution is -2.37. The molecule has 1 atom stereocenters. The van der Waals surface area contributed by atoms with Gasteiger partial charge in [0, 0.05) is 29.8 Å². The van der Waals surface area contributed by atoms with Crippen LogP contribution in [0.4, 0.5) is 0 Å². The summed E-state index contributed by atoms with van der Waals surface area (Å²) >= 11 is 0. The Bertz CT molecular complexity index is 617. The van der Waals surface area contributed by atoms with E-state index in [4.69, 9.17) is 9.68 Å². The lowest BCUT2D eigenvalue weighted by atomic mass is 9.84. The predicted octanol–water partition coefficient (Wildman–Crippen LogP) is 2.93. The Balaban J connectivity index is 2.02. The van der Waals surface area contributed by atoms with Crippen molar-refractivity contribution in [1.82, 2.24) is 4.98 Å². The fourth-order valence-electron chi connectivity index (χ4n) is 1.90. The average molecular weight is 303 g/mol. The number of oxime groups is 2. The van der Waals surface area contributed by atoms with Crippen molar-refractivity contribution >= 4 is 17.4 Å². The molecule has 0 spiro atoms. The van der Waals surface area contributed by atoms with Crippen LogP contribution in [0.25, 0.3) is 0 Å². The molecule has 0 amide bonds. The van der Waals surface area contributed by atoms with Gasteiger partial charge in [0.25, 0.3) is 0 Å². The third kappa shape index (κ3) is 3.50. The summed E-state index contributed by atoms with van der Waals surface area (Å²) in [6.07, 6.45) is 3.71. The first-order valence-electron chi connectivity index (χ1n) is 7.14. The van der Waals surface area contributed by atoms with Crippen LogP contribution in [0, 0.1) is 5.41 Å². The molecule has 2 heterocycles. The minimum Gasteiger partial charge on any atom is -0.377 e. The van der Waals surface area contributed by atoms with E-state index in [1.165, 1.54) is 0 Å². The number of hydrogen-bond acceptors (Lipinski definition) is 6. The molecule has 6 heteroatoms. The van der Waals surface area contributed by atoms with Crippen molar-refractivity contribution in [2.75, 3.05) is 0 Å². The quantitative estimate of drug-likeness (QED) is 0.489. The molecule has 22 heavy (non-hydrogen) atoms. The molecule has 118 valence electrons. The maximum Gasteiger partial charge on any atom is 0.381 e. The number of aromatic nitrogens is 1. The van der Waals surface area contributed by atoms with Gasteiger partial charge in [0.1, 0.15) is 0 Å². The van der Waals surface area contributed by atoms with Gasteiger partial charge in [0.15, 0.2) is 0 Å². The summed E-state index contributed by atoms with van der Waals surface area (Å²) in [5, 5.41) is 7.91. The van der Waals surface area contributed by atoms with Crippen molar-refractivity contribution in [3.63, 3.8) is 0 Å². The number of nitrogens with zero attached hydrogens (tertiary/aromatic N) is 3. The number of hydrogen-bond donors (Lipinski definition) is 0. The van der Waals surface area contributed by atoms with Gasteiger partial charge >= 0.3 is 5.97 Å². The zero-order valence-electron chi connectivity index (χ0n) is 13.6. The molecule has 0 radical (unpaired) electrons. The van der Waals surface area contributed by atoms with Crippen molar-refractivity contribution in [1.29, 1.82) is 0 Å². The van der Waals surface area contributed by atoms with Crippen LogP contribution in [0.2, 0.25) is 0 Å². The maximum absolute atomic E-state index is 12.2. The normalized spacial score (nSPS) is 22.0.